The highest BCUT2D eigenvalue weighted by Crippen LogP contribution is 2.42. The van der Waals surface area contributed by atoms with Crippen molar-refractivity contribution in [2.45, 2.75) is 112 Å². The van der Waals surface area contributed by atoms with Gasteiger partial charge in [-0.05, 0) is 76.3 Å². The Morgan fingerprint density at radius 1 is 1.14 bits per heavy atom. The van der Waals surface area contributed by atoms with E-state index in [2.05, 4.69) is 20.2 Å². The number of hydrogen-bond acceptors (Lipinski definition) is 10. The SMILES string of the molecule is CC[C@H]1OC(=O)[C@H](C)C(=O)[C@H](C)[C@@H](C)[C@@]2(C)C[C@@H](C)C(=NC(C)=O)[C@H](C)[C@@H](CC/C(=N\OCc3ccc(-n4cccn4)nc3)CO2)[C@]1(C)O. The fourth-order valence-electron chi connectivity index (χ4n) is 7.52. The van der Waals surface area contributed by atoms with Crippen molar-refractivity contribution in [3.8, 4) is 5.82 Å². The summed E-state index contributed by atoms with van der Waals surface area (Å²) in [6.45, 7) is 16.5. The summed E-state index contributed by atoms with van der Waals surface area (Å²) >= 11 is 0. The number of Topliss-reactive ketones (excluding diaryl/α,β-unsaturated/α-hetero) is 1. The average molecular weight is 680 g/mol. The number of carbonyl (C=O) groups excluding carboxylic acids is 3. The molecule has 2 bridgehead atoms. The Morgan fingerprint density at radius 2 is 1.88 bits per heavy atom. The number of fused-ring (bicyclic) bond motifs is 5. The minimum absolute atomic E-state index is 0.121. The van der Waals surface area contributed by atoms with Gasteiger partial charge < -0.3 is 19.4 Å². The Morgan fingerprint density at radius 3 is 2.49 bits per heavy atom. The van der Waals surface area contributed by atoms with Crippen LogP contribution in [0.1, 0.15) is 93.6 Å². The van der Waals surface area contributed by atoms with Crippen LogP contribution in [-0.2, 0) is 35.3 Å². The zero-order valence-electron chi connectivity index (χ0n) is 30.4. The fourth-order valence-corrected chi connectivity index (χ4v) is 7.52. The third-order valence-electron chi connectivity index (χ3n) is 10.8. The number of amides is 1. The lowest BCUT2D eigenvalue weighted by molar-refractivity contribution is -0.179. The fraction of sp³-hybridized carbons (Fsp3) is 0.649. The Kier molecular flexibility index (Phi) is 12.3. The number of aromatic nitrogens is 3. The normalized spacial score (nSPS) is 35.3. The first-order valence-corrected chi connectivity index (χ1v) is 17.4. The van der Waals surface area contributed by atoms with E-state index in [1.165, 1.54) is 6.92 Å². The van der Waals surface area contributed by atoms with E-state index in [0.29, 0.717) is 42.9 Å². The second kappa shape index (κ2) is 15.8. The maximum atomic E-state index is 13.8. The molecule has 12 heteroatoms. The number of carbonyl (C=O) groups is 3. The summed E-state index contributed by atoms with van der Waals surface area (Å²) in [6.07, 6.45) is 5.87. The molecule has 4 rings (SSSR count). The predicted molar refractivity (Wildman–Crippen MR) is 185 cm³/mol. The minimum Gasteiger partial charge on any atom is -0.459 e. The number of esters is 1. The van der Waals surface area contributed by atoms with Crippen LogP contribution in [0.15, 0.2) is 46.9 Å². The number of nitrogens with zero attached hydrogens (tertiary/aromatic N) is 5. The second-order valence-electron chi connectivity index (χ2n) is 14.4. The number of aliphatic hydroxyl groups is 1. The molecule has 12 nitrogen and oxygen atoms in total. The minimum atomic E-state index is -1.54. The van der Waals surface area contributed by atoms with Gasteiger partial charge in [0.05, 0.1) is 17.9 Å². The van der Waals surface area contributed by atoms with Crippen LogP contribution in [0.3, 0.4) is 0 Å². The lowest BCUT2D eigenvalue weighted by Gasteiger charge is -2.44. The molecule has 4 heterocycles. The van der Waals surface area contributed by atoms with Gasteiger partial charge in [-0.15, -0.1) is 0 Å². The molecule has 0 radical (unpaired) electrons. The monoisotopic (exact) mass is 679 g/mol. The zero-order chi connectivity index (χ0) is 36.1. The maximum absolute atomic E-state index is 13.8. The number of ketones is 1. The summed E-state index contributed by atoms with van der Waals surface area (Å²) in [4.78, 5) is 54.6. The molecule has 268 valence electrons. The van der Waals surface area contributed by atoms with Crippen molar-refractivity contribution in [2.24, 2.45) is 45.7 Å². The predicted octanol–water partition coefficient (Wildman–Crippen LogP) is 5.54. The zero-order valence-corrected chi connectivity index (χ0v) is 30.4. The van der Waals surface area contributed by atoms with Crippen LogP contribution in [0.4, 0.5) is 0 Å². The van der Waals surface area contributed by atoms with Gasteiger partial charge in [-0.2, -0.15) is 5.10 Å². The number of aliphatic imine (C=N–C) groups is 1. The first-order chi connectivity index (χ1) is 23.1. The summed E-state index contributed by atoms with van der Waals surface area (Å²) < 4.78 is 14.4. The summed E-state index contributed by atoms with van der Waals surface area (Å²) in [5.41, 5.74) is -0.343. The van der Waals surface area contributed by atoms with Gasteiger partial charge in [0.2, 0.25) is 5.91 Å². The highest BCUT2D eigenvalue weighted by molar-refractivity contribution is 6.00. The van der Waals surface area contributed by atoms with E-state index in [0.717, 1.165) is 5.56 Å². The van der Waals surface area contributed by atoms with E-state index in [4.69, 9.17) is 14.3 Å². The quantitative estimate of drug-likeness (QED) is 0.244. The smallest absolute Gasteiger partial charge is 0.316 e. The molecule has 2 fully saturated rings. The number of ether oxygens (including phenoxy) is 2. The van der Waals surface area contributed by atoms with Crippen LogP contribution in [0.25, 0.3) is 5.82 Å². The lowest BCUT2D eigenvalue weighted by atomic mass is 9.67. The number of pyridine rings is 1. The number of oxime groups is 1. The van der Waals surface area contributed by atoms with Crippen molar-refractivity contribution in [2.75, 3.05) is 6.61 Å². The molecular weight excluding hydrogens is 626 g/mol. The van der Waals surface area contributed by atoms with Crippen LogP contribution < -0.4 is 0 Å². The molecule has 0 aliphatic carbocycles. The number of hydrogen-bond donors (Lipinski definition) is 1. The van der Waals surface area contributed by atoms with E-state index in [-0.39, 0.29) is 42.7 Å². The van der Waals surface area contributed by atoms with Crippen molar-refractivity contribution < 1.29 is 33.8 Å². The molecule has 9 atom stereocenters. The average Bonchev–Trinajstić information content (AvgIpc) is 3.61. The first kappa shape index (κ1) is 38.0. The van der Waals surface area contributed by atoms with E-state index >= 15 is 0 Å². The molecular formula is C37H53N5O7. The van der Waals surface area contributed by atoms with Gasteiger partial charge >= 0.3 is 5.97 Å². The molecule has 0 aromatic carbocycles. The topological polar surface area (TPSA) is 155 Å². The van der Waals surface area contributed by atoms with Crippen molar-refractivity contribution in [1.29, 1.82) is 0 Å². The molecule has 2 aliphatic heterocycles. The van der Waals surface area contributed by atoms with Gasteiger partial charge in [-0.1, -0.05) is 45.8 Å². The number of rotatable bonds is 5. The van der Waals surface area contributed by atoms with Crippen LogP contribution in [0.2, 0.25) is 0 Å². The Hall–Kier alpha value is -3.77. The van der Waals surface area contributed by atoms with Crippen LogP contribution in [0.5, 0.6) is 0 Å². The molecule has 0 spiro atoms. The maximum Gasteiger partial charge on any atom is 0.316 e. The summed E-state index contributed by atoms with van der Waals surface area (Å²) in [5, 5.41) is 21.1. The molecule has 0 unspecified atom stereocenters. The molecule has 0 saturated carbocycles. The summed E-state index contributed by atoms with van der Waals surface area (Å²) in [5.74, 6) is -3.61. The van der Waals surface area contributed by atoms with Crippen LogP contribution in [-0.4, -0.2) is 72.9 Å². The third kappa shape index (κ3) is 8.70. The van der Waals surface area contributed by atoms with Gasteiger partial charge in [0.1, 0.15) is 30.0 Å². The molecule has 49 heavy (non-hydrogen) atoms. The lowest BCUT2D eigenvalue weighted by Crippen LogP contribution is -2.53. The highest BCUT2D eigenvalue weighted by Gasteiger charge is 2.49. The van der Waals surface area contributed by atoms with Crippen molar-refractivity contribution >= 4 is 29.1 Å². The van der Waals surface area contributed by atoms with Gasteiger partial charge in [-0.3, -0.25) is 14.4 Å². The summed E-state index contributed by atoms with van der Waals surface area (Å²) in [6, 6.07) is 5.58. The highest BCUT2D eigenvalue weighted by atomic mass is 16.6. The van der Waals surface area contributed by atoms with E-state index < -0.39 is 41.0 Å². The Labute approximate surface area is 289 Å². The molecule has 1 N–H and O–H groups in total. The molecule has 2 aromatic heterocycles. The summed E-state index contributed by atoms with van der Waals surface area (Å²) in [7, 11) is 0. The number of cyclic esters (lactones) is 1. The standard InChI is InChI=1S/C37H53N5O7/c1-10-31-37(9,46)30-14-13-29(41-48-20-28-12-15-32(38-19-28)42-17-11-16-39-42)21-47-36(8,18-22(2)33(24(30)4)40-27(7)43)26(6)23(3)34(44)25(5)35(45)49-31/h11-12,15-17,19,22-26,30-31,46H,10,13-14,18,20-21H2,1-9H3/b40-33?,41-29+/t22-,23-,24-,25-,26-,30-,31-,36-,37+/m1/s1. The van der Waals surface area contributed by atoms with Gasteiger partial charge in [0, 0.05) is 48.6 Å². The van der Waals surface area contributed by atoms with Crippen LogP contribution >= 0.6 is 0 Å². The third-order valence-corrected chi connectivity index (χ3v) is 10.8. The van der Waals surface area contributed by atoms with Crippen LogP contribution in [0, 0.1) is 35.5 Å². The molecule has 2 aromatic rings. The molecule has 1 amide bonds. The molecule has 2 aliphatic rings. The van der Waals surface area contributed by atoms with Gasteiger partial charge in [0.15, 0.2) is 5.82 Å². The van der Waals surface area contributed by atoms with Crippen molar-refractivity contribution in [3.63, 3.8) is 0 Å². The van der Waals surface area contributed by atoms with E-state index in [9.17, 15) is 19.5 Å². The van der Waals surface area contributed by atoms with E-state index in [1.54, 1.807) is 30.9 Å². The second-order valence-corrected chi connectivity index (χ2v) is 14.4. The van der Waals surface area contributed by atoms with Gasteiger partial charge in [-0.25, -0.2) is 14.7 Å². The largest absolute Gasteiger partial charge is 0.459 e. The Bertz CT molecular complexity index is 1520. The van der Waals surface area contributed by atoms with Crippen molar-refractivity contribution in [1.82, 2.24) is 14.8 Å². The van der Waals surface area contributed by atoms with E-state index in [1.807, 2.05) is 65.9 Å². The Balaban J connectivity index is 1.77. The van der Waals surface area contributed by atoms with Crippen molar-refractivity contribution in [3.05, 3.63) is 42.4 Å². The first-order valence-electron chi connectivity index (χ1n) is 17.4. The van der Waals surface area contributed by atoms with Gasteiger partial charge in [0.25, 0.3) is 0 Å². The molecule has 2 saturated heterocycles.